The maximum Gasteiger partial charge on any atom is 0.254 e. The number of benzene rings is 1. The molecule has 2 saturated heterocycles. The summed E-state index contributed by atoms with van der Waals surface area (Å²) in [5.41, 5.74) is 3.46. The molecule has 0 aromatic heterocycles. The monoisotopic (exact) mass is 336 g/mol. The van der Waals surface area contributed by atoms with Crippen LogP contribution in [0.15, 0.2) is 18.2 Å². The van der Waals surface area contributed by atoms with Gasteiger partial charge in [-0.1, -0.05) is 11.6 Å². The molecule has 1 aromatic carbocycles. The summed E-state index contributed by atoms with van der Waals surface area (Å²) < 4.78 is 0. The molecule has 2 fully saturated rings. The van der Waals surface area contributed by atoms with Gasteiger partial charge < -0.3 is 10.2 Å². The summed E-state index contributed by atoms with van der Waals surface area (Å²) in [7, 11) is 0. The topological polar surface area (TPSA) is 32.3 Å². The van der Waals surface area contributed by atoms with Crippen molar-refractivity contribution in [3.05, 3.63) is 34.9 Å². The molecule has 2 aliphatic heterocycles. The van der Waals surface area contributed by atoms with Gasteiger partial charge in [-0.2, -0.15) is 0 Å². The maximum absolute atomic E-state index is 12.9. The van der Waals surface area contributed by atoms with Crippen molar-refractivity contribution in [3.8, 4) is 0 Å². The summed E-state index contributed by atoms with van der Waals surface area (Å²) in [5.74, 6) is 0.831. The van der Waals surface area contributed by atoms with E-state index in [0.717, 1.165) is 38.0 Å². The number of carbonyl (C=O) groups excluding carboxylic acids is 1. The van der Waals surface area contributed by atoms with Crippen LogP contribution in [0, 0.1) is 6.92 Å². The molecule has 1 amide bonds. The Morgan fingerprint density at radius 3 is 2.57 bits per heavy atom. The highest BCUT2D eigenvalue weighted by molar-refractivity contribution is 5.95. The van der Waals surface area contributed by atoms with Crippen LogP contribution < -0.4 is 5.32 Å². The SMILES string of the molecule is Cc1cc(C(=O)N2CCCCC2C)cc(C2CCNCC2)c1.Cl. The van der Waals surface area contributed by atoms with Gasteiger partial charge in [-0.15, -0.1) is 12.4 Å². The first-order valence-electron chi connectivity index (χ1n) is 8.78. The predicted molar refractivity (Wildman–Crippen MR) is 97.6 cm³/mol. The minimum Gasteiger partial charge on any atom is -0.336 e. The standard InChI is InChI=1S/C19H28N2O.ClH/c1-14-11-17(16-6-8-20-9-7-16)13-18(12-14)19(22)21-10-4-3-5-15(21)2;/h11-13,15-16,20H,3-10H2,1-2H3;1H. The number of carbonyl (C=O) groups is 1. The number of aryl methyl sites for hydroxylation is 1. The second-order valence-electron chi connectivity index (χ2n) is 7.00. The van der Waals surface area contributed by atoms with Gasteiger partial charge in [-0.3, -0.25) is 4.79 Å². The van der Waals surface area contributed by atoms with Gasteiger partial charge in [0.2, 0.25) is 0 Å². The molecule has 0 saturated carbocycles. The first kappa shape index (κ1) is 18.3. The fourth-order valence-electron chi connectivity index (χ4n) is 3.89. The molecule has 1 unspecified atom stereocenters. The number of rotatable bonds is 2. The van der Waals surface area contributed by atoms with Gasteiger partial charge in [0.15, 0.2) is 0 Å². The number of hydrogen-bond donors (Lipinski definition) is 1. The highest BCUT2D eigenvalue weighted by Gasteiger charge is 2.25. The Balaban J connectivity index is 0.00000192. The van der Waals surface area contributed by atoms with Crippen molar-refractivity contribution in [1.29, 1.82) is 0 Å². The lowest BCUT2D eigenvalue weighted by Gasteiger charge is -2.34. The third-order valence-corrected chi connectivity index (χ3v) is 5.22. The zero-order chi connectivity index (χ0) is 15.5. The predicted octanol–water partition coefficient (Wildman–Crippen LogP) is 3.90. The van der Waals surface area contributed by atoms with Gasteiger partial charge in [0.1, 0.15) is 0 Å². The molecule has 1 atom stereocenters. The molecule has 0 radical (unpaired) electrons. The Morgan fingerprint density at radius 1 is 1.13 bits per heavy atom. The second-order valence-corrected chi connectivity index (χ2v) is 7.00. The molecule has 128 valence electrons. The number of likely N-dealkylation sites (tertiary alicyclic amines) is 1. The van der Waals surface area contributed by atoms with Crippen LogP contribution in [-0.2, 0) is 0 Å². The Bertz CT molecular complexity index is 540. The van der Waals surface area contributed by atoms with Crippen molar-refractivity contribution < 1.29 is 4.79 Å². The van der Waals surface area contributed by atoms with Crippen molar-refractivity contribution in [2.75, 3.05) is 19.6 Å². The number of nitrogens with one attached hydrogen (secondary N) is 1. The third kappa shape index (κ3) is 4.27. The lowest BCUT2D eigenvalue weighted by Crippen LogP contribution is -2.42. The molecule has 2 heterocycles. The average Bonchev–Trinajstić information content (AvgIpc) is 2.55. The first-order chi connectivity index (χ1) is 10.6. The smallest absolute Gasteiger partial charge is 0.254 e. The fraction of sp³-hybridized carbons (Fsp3) is 0.632. The van der Waals surface area contributed by atoms with Crippen LogP contribution in [0.4, 0.5) is 0 Å². The van der Waals surface area contributed by atoms with E-state index in [1.807, 2.05) is 0 Å². The Labute approximate surface area is 146 Å². The van der Waals surface area contributed by atoms with Gasteiger partial charge in [0.25, 0.3) is 5.91 Å². The third-order valence-electron chi connectivity index (χ3n) is 5.22. The molecular weight excluding hydrogens is 308 g/mol. The number of nitrogens with zero attached hydrogens (tertiary/aromatic N) is 1. The molecule has 0 bridgehead atoms. The van der Waals surface area contributed by atoms with E-state index < -0.39 is 0 Å². The molecule has 4 heteroatoms. The van der Waals surface area contributed by atoms with Crippen molar-refractivity contribution in [2.45, 2.75) is 57.9 Å². The average molecular weight is 337 g/mol. The molecule has 23 heavy (non-hydrogen) atoms. The normalized spacial score (nSPS) is 22.5. The van der Waals surface area contributed by atoms with Gasteiger partial charge in [-0.25, -0.2) is 0 Å². The van der Waals surface area contributed by atoms with Gasteiger partial charge in [0.05, 0.1) is 0 Å². The van der Waals surface area contributed by atoms with Crippen LogP contribution >= 0.6 is 12.4 Å². The number of halogens is 1. The van der Waals surface area contributed by atoms with Crippen molar-refractivity contribution in [1.82, 2.24) is 10.2 Å². The van der Waals surface area contributed by atoms with E-state index in [2.05, 4.69) is 42.3 Å². The maximum atomic E-state index is 12.9. The van der Waals surface area contributed by atoms with E-state index in [0.29, 0.717) is 12.0 Å². The van der Waals surface area contributed by atoms with Gasteiger partial charge in [0, 0.05) is 18.2 Å². The van der Waals surface area contributed by atoms with E-state index in [9.17, 15) is 4.79 Å². The van der Waals surface area contributed by atoms with Crippen molar-refractivity contribution in [3.63, 3.8) is 0 Å². The van der Waals surface area contributed by atoms with E-state index in [1.54, 1.807) is 0 Å². The number of piperidine rings is 2. The molecule has 0 spiro atoms. The van der Waals surface area contributed by atoms with Gasteiger partial charge in [-0.05, 0) is 82.7 Å². The summed E-state index contributed by atoms with van der Waals surface area (Å²) in [6, 6.07) is 6.87. The molecule has 1 aromatic rings. The van der Waals surface area contributed by atoms with Crippen LogP contribution in [0.2, 0.25) is 0 Å². The first-order valence-corrected chi connectivity index (χ1v) is 8.78. The summed E-state index contributed by atoms with van der Waals surface area (Å²) in [6.45, 7) is 7.38. The largest absolute Gasteiger partial charge is 0.336 e. The zero-order valence-corrected chi connectivity index (χ0v) is 15.1. The van der Waals surface area contributed by atoms with Crippen LogP contribution in [-0.4, -0.2) is 36.5 Å². The molecule has 3 rings (SSSR count). The number of hydrogen-bond acceptors (Lipinski definition) is 2. The van der Waals surface area contributed by atoms with Gasteiger partial charge >= 0.3 is 0 Å². The summed E-state index contributed by atoms with van der Waals surface area (Å²) in [5, 5.41) is 3.42. The zero-order valence-electron chi connectivity index (χ0n) is 14.3. The summed E-state index contributed by atoms with van der Waals surface area (Å²) >= 11 is 0. The van der Waals surface area contributed by atoms with E-state index in [-0.39, 0.29) is 18.3 Å². The summed E-state index contributed by atoms with van der Waals surface area (Å²) in [6.07, 6.45) is 5.88. The van der Waals surface area contributed by atoms with Crippen LogP contribution in [0.3, 0.4) is 0 Å². The molecule has 0 aliphatic carbocycles. The lowest BCUT2D eigenvalue weighted by atomic mass is 9.88. The van der Waals surface area contributed by atoms with Crippen LogP contribution in [0.1, 0.15) is 66.4 Å². The Kier molecular flexibility index (Phi) is 6.49. The molecular formula is C19H29ClN2O. The Morgan fingerprint density at radius 2 is 1.87 bits per heavy atom. The van der Waals surface area contributed by atoms with Crippen molar-refractivity contribution in [2.24, 2.45) is 0 Å². The molecule has 1 N–H and O–H groups in total. The van der Waals surface area contributed by atoms with Crippen LogP contribution in [0.25, 0.3) is 0 Å². The highest BCUT2D eigenvalue weighted by Crippen LogP contribution is 2.28. The van der Waals surface area contributed by atoms with Crippen molar-refractivity contribution >= 4 is 18.3 Å². The van der Waals surface area contributed by atoms with Crippen LogP contribution in [0.5, 0.6) is 0 Å². The number of amides is 1. The molecule has 3 nitrogen and oxygen atoms in total. The fourth-order valence-corrected chi connectivity index (χ4v) is 3.89. The summed E-state index contributed by atoms with van der Waals surface area (Å²) in [4.78, 5) is 15.0. The van der Waals surface area contributed by atoms with E-state index in [4.69, 9.17) is 0 Å². The Hall–Kier alpha value is -1.06. The molecule has 2 aliphatic rings. The second kappa shape index (κ2) is 8.16. The van der Waals surface area contributed by atoms with E-state index in [1.165, 1.54) is 30.4 Å². The van der Waals surface area contributed by atoms with E-state index >= 15 is 0 Å². The lowest BCUT2D eigenvalue weighted by molar-refractivity contribution is 0.0635. The quantitative estimate of drug-likeness (QED) is 0.888. The minimum atomic E-state index is 0. The highest BCUT2D eigenvalue weighted by atomic mass is 35.5. The minimum absolute atomic E-state index is 0.